The summed E-state index contributed by atoms with van der Waals surface area (Å²) in [5, 5.41) is 8.35. The number of aryl methyl sites for hydroxylation is 1. The smallest absolute Gasteiger partial charge is 0.260 e. The highest BCUT2D eigenvalue weighted by Gasteiger charge is 2.34. The Balaban J connectivity index is 1.26. The number of carbonyl (C=O) groups is 1. The lowest BCUT2D eigenvalue weighted by Crippen LogP contribution is -2.33. The number of likely N-dealkylation sites (tertiary alicyclic amines) is 1. The Morgan fingerprint density at radius 1 is 1.07 bits per heavy atom. The van der Waals surface area contributed by atoms with Gasteiger partial charge in [-0.15, -0.1) is 10.2 Å². The Hall–Kier alpha value is -4.42. The molecule has 2 fully saturated rings. The van der Waals surface area contributed by atoms with Crippen LogP contribution in [0.3, 0.4) is 0 Å². The normalized spacial score (nSPS) is 18.8. The Morgan fingerprint density at radius 2 is 1.93 bits per heavy atom. The zero-order valence-corrected chi connectivity index (χ0v) is 23.8. The van der Waals surface area contributed by atoms with Crippen molar-refractivity contribution in [3.63, 3.8) is 0 Å². The van der Waals surface area contributed by atoms with Gasteiger partial charge in [-0.1, -0.05) is 19.1 Å². The van der Waals surface area contributed by atoms with E-state index in [1.807, 2.05) is 35.9 Å². The average molecular weight is 562 g/mol. The number of hydrogen-bond donors (Lipinski definition) is 0. The lowest BCUT2D eigenvalue weighted by Gasteiger charge is -2.30. The van der Waals surface area contributed by atoms with Crippen molar-refractivity contribution < 1.29 is 9.18 Å². The number of hydrogen-bond acceptors (Lipinski definition) is 5. The van der Waals surface area contributed by atoms with Crippen molar-refractivity contribution in [1.82, 2.24) is 24.6 Å². The van der Waals surface area contributed by atoms with Gasteiger partial charge in [-0.3, -0.25) is 14.6 Å². The van der Waals surface area contributed by atoms with E-state index >= 15 is 4.39 Å². The molecule has 1 aliphatic carbocycles. The van der Waals surface area contributed by atoms with Crippen LogP contribution in [-0.4, -0.2) is 43.6 Å². The highest BCUT2D eigenvalue weighted by Crippen LogP contribution is 2.43. The molecule has 7 rings (SSSR count). The number of anilines is 1. The van der Waals surface area contributed by atoms with Gasteiger partial charge in [-0.05, 0) is 85.2 Å². The third kappa shape index (κ3) is 4.86. The predicted molar refractivity (Wildman–Crippen MR) is 158 cm³/mol. The number of amides is 1. The Kier molecular flexibility index (Phi) is 6.59. The van der Waals surface area contributed by atoms with Crippen molar-refractivity contribution in [1.29, 1.82) is 0 Å². The number of halogens is 1. The second kappa shape index (κ2) is 10.4. The molecule has 2 aromatic heterocycles. The molecule has 0 bridgehead atoms. The maximum Gasteiger partial charge on any atom is 0.260 e. The summed E-state index contributed by atoms with van der Waals surface area (Å²) in [4.78, 5) is 26.3. The number of benzene rings is 2. The molecule has 42 heavy (non-hydrogen) atoms. The Labute approximate surface area is 244 Å². The molecule has 0 N–H and O–H groups in total. The SMILES string of the molecule is [C-]#[N+]c1ccc(-c2cc(C3CC3)nc(N3Cc4c(F)cc(CN5CCC[C@H](C)C5)cc4C3=O)c2)c(-c2nncn2C)c1. The van der Waals surface area contributed by atoms with Crippen LogP contribution in [0.15, 0.2) is 48.8 Å². The van der Waals surface area contributed by atoms with Gasteiger partial charge in [-0.2, -0.15) is 0 Å². The number of nitrogens with zero attached hydrogens (tertiary/aromatic N) is 7. The molecule has 0 unspecified atom stereocenters. The van der Waals surface area contributed by atoms with E-state index in [2.05, 4.69) is 32.9 Å². The zero-order valence-electron chi connectivity index (χ0n) is 23.8. The molecule has 0 spiro atoms. The molecule has 3 aliphatic rings. The molecule has 1 saturated heterocycles. The van der Waals surface area contributed by atoms with E-state index in [4.69, 9.17) is 11.6 Å². The predicted octanol–water partition coefficient (Wildman–Crippen LogP) is 6.50. The minimum Gasteiger partial charge on any atom is -0.317 e. The monoisotopic (exact) mass is 561 g/mol. The quantitative estimate of drug-likeness (QED) is 0.251. The summed E-state index contributed by atoms with van der Waals surface area (Å²) in [6.07, 6.45) is 6.09. The average Bonchev–Trinajstić information content (AvgIpc) is 3.67. The van der Waals surface area contributed by atoms with Crippen molar-refractivity contribution in [2.24, 2.45) is 13.0 Å². The van der Waals surface area contributed by atoms with E-state index in [9.17, 15) is 4.79 Å². The molecule has 8 nitrogen and oxygen atoms in total. The molecule has 212 valence electrons. The maximum atomic E-state index is 15.5. The van der Waals surface area contributed by atoms with Crippen LogP contribution >= 0.6 is 0 Å². The zero-order chi connectivity index (χ0) is 29.0. The summed E-state index contributed by atoms with van der Waals surface area (Å²) in [6, 6.07) is 13.0. The number of aromatic nitrogens is 4. The first-order chi connectivity index (χ1) is 20.4. The van der Waals surface area contributed by atoms with Crippen LogP contribution in [-0.2, 0) is 20.1 Å². The third-order valence-corrected chi connectivity index (χ3v) is 8.69. The Morgan fingerprint density at radius 3 is 2.67 bits per heavy atom. The van der Waals surface area contributed by atoms with Crippen molar-refractivity contribution in [2.45, 2.75) is 51.6 Å². The second-order valence-corrected chi connectivity index (χ2v) is 12.0. The van der Waals surface area contributed by atoms with Crippen molar-refractivity contribution in [3.05, 3.63) is 88.4 Å². The van der Waals surface area contributed by atoms with Gasteiger partial charge in [0.1, 0.15) is 18.0 Å². The summed E-state index contributed by atoms with van der Waals surface area (Å²) >= 11 is 0. The van der Waals surface area contributed by atoms with Gasteiger partial charge in [0.2, 0.25) is 0 Å². The first kappa shape index (κ1) is 26.5. The largest absolute Gasteiger partial charge is 0.317 e. The summed E-state index contributed by atoms with van der Waals surface area (Å²) in [5.41, 5.74) is 5.64. The van der Waals surface area contributed by atoms with Crippen LogP contribution in [0.25, 0.3) is 27.4 Å². The van der Waals surface area contributed by atoms with E-state index in [-0.39, 0.29) is 18.3 Å². The lowest BCUT2D eigenvalue weighted by molar-refractivity contribution is 0.0995. The minimum absolute atomic E-state index is 0.147. The molecule has 4 aromatic rings. The minimum atomic E-state index is -0.332. The van der Waals surface area contributed by atoms with Gasteiger partial charge < -0.3 is 4.57 Å². The fourth-order valence-corrected chi connectivity index (χ4v) is 6.37. The molecule has 0 radical (unpaired) electrons. The van der Waals surface area contributed by atoms with Crippen LogP contribution in [0.5, 0.6) is 0 Å². The molecule has 9 heteroatoms. The summed E-state index contributed by atoms with van der Waals surface area (Å²) in [6.45, 7) is 12.6. The molecule has 1 saturated carbocycles. The Bertz CT molecular complexity index is 1750. The van der Waals surface area contributed by atoms with Crippen LogP contribution in [0.1, 0.15) is 65.7 Å². The van der Waals surface area contributed by atoms with Gasteiger partial charge in [-0.25, -0.2) is 14.2 Å². The van der Waals surface area contributed by atoms with Gasteiger partial charge >= 0.3 is 0 Å². The number of piperidine rings is 1. The van der Waals surface area contributed by atoms with Crippen LogP contribution in [0.2, 0.25) is 0 Å². The van der Waals surface area contributed by atoms with Crippen molar-refractivity contribution in [2.75, 3.05) is 18.0 Å². The van der Waals surface area contributed by atoms with E-state index in [0.29, 0.717) is 46.8 Å². The number of carbonyl (C=O) groups excluding carboxylic acids is 1. The number of rotatable bonds is 6. The fourth-order valence-electron chi connectivity index (χ4n) is 6.37. The van der Waals surface area contributed by atoms with Crippen LogP contribution in [0.4, 0.5) is 15.9 Å². The number of fused-ring (bicyclic) bond motifs is 1. The molecule has 1 atom stereocenters. The van der Waals surface area contributed by atoms with E-state index in [0.717, 1.165) is 60.3 Å². The molecular formula is C33H32FN7O. The topological polar surface area (TPSA) is 71.5 Å². The molecular weight excluding hydrogens is 529 g/mol. The first-order valence-electron chi connectivity index (χ1n) is 14.6. The van der Waals surface area contributed by atoms with Crippen molar-refractivity contribution in [3.8, 4) is 22.5 Å². The fraction of sp³-hybridized carbons (Fsp3) is 0.364. The third-order valence-electron chi connectivity index (χ3n) is 8.69. The standard InChI is InChI=1S/C33H32FN7O/c1-20-5-4-10-40(16-20)17-21-11-27-28(29(34)12-21)18-41(33(27)42)31-14-23(13-30(37-31)22-6-7-22)25-9-8-24(35-2)15-26(25)32-38-36-19-39(32)3/h8-9,11-15,19-20,22H,4-7,10,16-18H2,1,3H3/t20-/m0/s1. The summed E-state index contributed by atoms with van der Waals surface area (Å²) in [5.74, 6) is 1.56. The van der Waals surface area contributed by atoms with Gasteiger partial charge in [0.15, 0.2) is 11.5 Å². The molecule has 2 aromatic carbocycles. The molecule has 2 aliphatic heterocycles. The number of pyridine rings is 1. The van der Waals surface area contributed by atoms with Gasteiger partial charge in [0.05, 0.1) is 13.1 Å². The summed E-state index contributed by atoms with van der Waals surface area (Å²) < 4.78 is 17.3. The van der Waals surface area contributed by atoms with Crippen molar-refractivity contribution >= 4 is 17.4 Å². The molecule has 4 heterocycles. The van der Waals surface area contributed by atoms with E-state index in [1.165, 1.54) is 6.42 Å². The highest BCUT2D eigenvalue weighted by atomic mass is 19.1. The van der Waals surface area contributed by atoms with E-state index in [1.54, 1.807) is 23.4 Å². The van der Waals surface area contributed by atoms with E-state index < -0.39 is 0 Å². The van der Waals surface area contributed by atoms with Gasteiger partial charge in [0, 0.05) is 48.4 Å². The maximum absolute atomic E-state index is 15.5. The summed E-state index contributed by atoms with van der Waals surface area (Å²) in [7, 11) is 1.87. The van der Waals surface area contributed by atoms with Crippen LogP contribution in [0, 0.1) is 18.3 Å². The first-order valence-corrected chi connectivity index (χ1v) is 14.6. The van der Waals surface area contributed by atoms with Crippen LogP contribution < -0.4 is 4.90 Å². The lowest BCUT2D eigenvalue weighted by atomic mass is 9.97. The highest BCUT2D eigenvalue weighted by molar-refractivity contribution is 6.10. The second-order valence-electron chi connectivity index (χ2n) is 12.0. The van der Waals surface area contributed by atoms with Gasteiger partial charge in [0.25, 0.3) is 5.91 Å². The molecule has 1 amide bonds.